The van der Waals surface area contributed by atoms with Crippen molar-refractivity contribution in [2.45, 2.75) is 0 Å². The Morgan fingerprint density at radius 3 is 2.83 bits per heavy atom. The van der Waals surface area contributed by atoms with Crippen LogP contribution in [-0.4, -0.2) is 37.4 Å². The molecule has 3 rings (SSSR count). The van der Waals surface area contributed by atoms with Crippen LogP contribution in [0.3, 0.4) is 0 Å². The van der Waals surface area contributed by atoms with E-state index in [-0.39, 0.29) is 0 Å². The highest BCUT2D eigenvalue weighted by molar-refractivity contribution is 6.04. The van der Waals surface area contributed by atoms with Crippen LogP contribution >= 0.6 is 0 Å². The second-order valence-electron chi connectivity index (χ2n) is 4.43. The van der Waals surface area contributed by atoms with Crippen LogP contribution in [-0.2, 0) is 0 Å². The van der Waals surface area contributed by atoms with Gasteiger partial charge in [-0.25, -0.2) is 4.98 Å². The van der Waals surface area contributed by atoms with Crippen molar-refractivity contribution < 1.29 is 4.79 Å². The molecule has 1 N–H and O–H groups in total. The van der Waals surface area contributed by atoms with Gasteiger partial charge in [-0.05, 0) is 11.5 Å². The topological polar surface area (TPSA) is 45.2 Å². The van der Waals surface area contributed by atoms with Crippen molar-refractivity contribution in [3.8, 4) is 0 Å². The number of hydrogen-bond donors (Lipinski definition) is 1. The molecule has 4 nitrogen and oxygen atoms in total. The molecule has 1 saturated heterocycles. The zero-order valence-electron chi connectivity index (χ0n) is 10.1. The normalized spacial score (nSPS) is 15.9. The van der Waals surface area contributed by atoms with Gasteiger partial charge in [0, 0.05) is 43.3 Å². The lowest BCUT2D eigenvalue weighted by atomic mass is 10.1. The first-order chi connectivity index (χ1) is 8.90. The molecular formula is C14H15N3O. The quantitative estimate of drug-likeness (QED) is 0.808. The molecular weight excluding hydrogens is 226 g/mol. The summed E-state index contributed by atoms with van der Waals surface area (Å²) in [7, 11) is 0. The van der Waals surface area contributed by atoms with Gasteiger partial charge in [0.2, 0.25) is 0 Å². The molecule has 0 aliphatic carbocycles. The SMILES string of the molecule is O=Cc1cccc2ccnc(N3CCNCC3)c12. The van der Waals surface area contributed by atoms with E-state index in [0.29, 0.717) is 5.56 Å². The lowest BCUT2D eigenvalue weighted by Crippen LogP contribution is -2.44. The molecule has 0 spiro atoms. The minimum Gasteiger partial charge on any atom is -0.354 e. The fourth-order valence-corrected chi connectivity index (χ4v) is 2.45. The first kappa shape index (κ1) is 11.2. The molecule has 2 aromatic rings. The fraction of sp³-hybridized carbons (Fsp3) is 0.286. The summed E-state index contributed by atoms with van der Waals surface area (Å²) >= 11 is 0. The minimum absolute atomic E-state index is 0.717. The van der Waals surface area contributed by atoms with E-state index in [1.54, 1.807) is 0 Å². The van der Waals surface area contributed by atoms with Gasteiger partial charge in [0.05, 0.1) is 0 Å². The third kappa shape index (κ3) is 1.84. The third-order valence-corrected chi connectivity index (χ3v) is 3.35. The van der Waals surface area contributed by atoms with E-state index in [1.807, 2.05) is 30.5 Å². The summed E-state index contributed by atoms with van der Waals surface area (Å²) in [5, 5.41) is 5.36. The van der Waals surface area contributed by atoms with Crippen LogP contribution < -0.4 is 10.2 Å². The van der Waals surface area contributed by atoms with Crippen LogP contribution in [0.1, 0.15) is 10.4 Å². The zero-order valence-corrected chi connectivity index (χ0v) is 10.1. The highest BCUT2D eigenvalue weighted by Gasteiger charge is 2.16. The largest absolute Gasteiger partial charge is 0.354 e. The van der Waals surface area contributed by atoms with Gasteiger partial charge >= 0.3 is 0 Å². The molecule has 0 saturated carbocycles. The number of carbonyl (C=O) groups is 1. The molecule has 92 valence electrons. The molecule has 1 aromatic carbocycles. The molecule has 0 bridgehead atoms. The summed E-state index contributed by atoms with van der Waals surface area (Å²) in [5.74, 6) is 0.928. The number of hydrogen-bond acceptors (Lipinski definition) is 4. The van der Waals surface area contributed by atoms with Crippen molar-refractivity contribution in [2.24, 2.45) is 0 Å². The van der Waals surface area contributed by atoms with E-state index < -0.39 is 0 Å². The van der Waals surface area contributed by atoms with Crippen molar-refractivity contribution in [3.05, 3.63) is 36.0 Å². The predicted molar refractivity (Wildman–Crippen MR) is 72.2 cm³/mol. The second kappa shape index (κ2) is 4.74. The molecule has 0 amide bonds. The Bertz CT molecular complexity index is 571. The molecule has 0 atom stereocenters. The second-order valence-corrected chi connectivity index (χ2v) is 4.43. The lowest BCUT2D eigenvalue weighted by molar-refractivity contribution is 0.112. The highest BCUT2D eigenvalue weighted by atomic mass is 16.1. The zero-order chi connectivity index (χ0) is 12.4. The van der Waals surface area contributed by atoms with Gasteiger partial charge in [-0.15, -0.1) is 0 Å². The Morgan fingerprint density at radius 2 is 2.06 bits per heavy atom. The van der Waals surface area contributed by atoms with Crippen molar-refractivity contribution in [1.82, 2.24) is 10.3 Å². The molecule has 18 heavy (non-hydrogen) atoms. The molecule has 0 radical (unpaired) electrons. The van der Waals surface area contributed by atoms with E-state index in [4.69, 9.17) is 0 Å². The summed E-state index contributed by atoms with van der Waals surface area (Å²) < 4.78 is 0. The van der Waals surface area contributed by atoms with E-state index >= 15 is 0 Å². The number of nitrogens with one attached hydrogen (secondary N) is 1. The molecule has 2 heterocycles. The number of anilines is 1. The number of aromatic nitrogens is 1. The van der Waals surface area contributed by atoms with Gasteiger partial charge in [0.15, 0.2) is 6.29 Å². The van der Waals surface area contributed by atoms with Crippen LogP contribution in [0, 0.1) is 0 Å². The van der Waals surface area contributed by atoms with Gasteiger partial charge < -0.3 is 10.2 Å². The molecule has 1 aliphatic heterocycles. The average molecular weight is 241 g/mol. The number of pyridine rings is 1. The highest BCUT2D eigenvalue weighted by Crippen LogP contribution is 2.27. The first-order valence-electron chi connectivity index (χ1n) is 6.19. The number of piperazine rings is 1. The third-order valence-electron chi connectivity index (χ3n) is 3.35. The maximum Gasteiger partial charge on any atom is 0.150 e. The summed E-state index contributed by atoms with van der Waals surface area (Å²) in [4.78, 5) is 17.9. The monoisotopic (exact) mass is 241 g/mol. The summed E-state index contributed by atoms with van der Waals surface area (Å²) in [6, 6.07) is 7.74. The number of fused-ring (bicyclic) bond motifs is 1. The standard InChI is InChI=1S/C14H15N3O/c18-10-12-3-1-2-11-4-5-16-14(13(11)12)17-8-6-15-7-9-17/h1-5,10,15H,6-9H2. The van der Waals surface area contributed by atoms with Crippen LogP contribution in [0.25, 0.3) is 10.8 Å². The van der Waals surface area contributed by atoms with E-state index in [0.717, 1.165) is 49.1 Å². The molecule has 1 aromatic heterocycles. The van der Waals surface area contributed by atoms with Crippen LogP contribution in [0.15, 0.2) is 30.5 Å². The van der Waals surface area contributed by atoms with Crippen molar-refractivity contribution in [3.63, 3.8) is 0 Å². The Kier molecular flexibility index (Phi) is 2.94. The number of benzene rings is 1. The average Bonchev–Trinajstić information content (AvgIpc) is 2.47. The maximum absolute atomic E-state index is 11.2. The molecule has 1 aliphatic rings. The summed E-state index contributed by atoms with van der Waals surface area (Å²) in [6.45, 7) is 3.78. The minimum atomic E-state index is 0.717. The van der Waals surface area contributed by atoms with E-state index in [9.17, 15) is 4.79 Å². The van der Waals surface area contributed by atoms with Crippen LogP contribution in [0.2, 0.25) is 0 Å². The smallest absolute Gasteiger partial charge is 0.150 e. The fourth-order valence-electron chi connectivity index (χ4n) is 2.45. The molecule has 1 fully saturated rings. The van der Waals surface area contributed by atoms with Crippen molar-refractivity contribution in [2.75, 3.05) is 31.1 Å². The molecule has 4 heteroatoms. The lowest BCUT2D eigenvalue weighted by Gasteiger charge is -2.29. The predicted octanol–water partition coefficient (Wildman–Crippen LogP) is 1.46. The summed E-state index contributed by atoms with van der Waals surface area (Å²) in [6.07, 6.45) is 2.73. The van der Waals surface area contributed by atoms with Crippen LogP contribution in [0.5, 0.6) is 0 Å². The first-order valence-corrected chi connectivity index (χ1v) is 6.19. The van der Waals surface area contributed by atoms with Gasteiger partial charge in [0.1, 0.15) is 5.82 Å². The number of carbonyl (C=O) groups excluding carboxylic acids is 1. The van der Waals surface area contributed by atoms with E-state index in [1.165, 1.54) is 0 Å². The van der Waals surface area contributed by atoms with Crippen molar-refractivity contribution >= 4 is 22.9 Å². The van der Waals surface area contributed by atoms with Gasteiger partial charge in [-0.1, -0.05) is 18.2 Å². The van der Waals surface area contributed by atoms with Gasteiger partial charge in [-0.3, -0.25) is 4.79 Å². The Labute approximate surface area is 106 Å². The number of aldehydes is 1. The van der Waals surface area contributed by atoms with Crippen LogP contribution in [0.4, 0.5) is 5.82 Å². The Balaban J connectivity index is 2.18. The number of rotatable bonds is 2. The maximum atomic E-state index is 11.2. The van der Waals surface area contributed by atoms with Gasteiger partial charge in [-0.2, -0.15) is 0 Å². The molecule has 0 unspecified atom stereocenters. The Morgan fingerprint density at radius 1 is 1.22 bits per heavy atom. The summed E-state index contributed by atoms with van der Waals surface area (Å²) in [5.41, 5.74) is 0.717. The van der Waals surface area contributed by atoms with Gasteiger partial charge in [0.25, 0.3) is 0 Å². The van der Waals surface area contributed by atoms with E-state index in [2.05, 4.69) is 15.2 Å². The number of nitrogens with zero attached hydrogens (tertiary/aromatic N) is 2. The Hall–Kier alpha value is -1.94. The van der Waals surface area contributed by atoms with Crippen molar-refractivity contribution in [1.29, 1.82) is 0 Å².